The van der Waals surface area contributed by atoms with Gasteiger partial charge in [0.25, 0.3) is 0 Å². The van der Waals surface area contributed by atoms with Gasteiger partial charge in [-0.15, -0.1) is 0 Å². The highest BCUT2D eigenvalue weighted by Crippen LogP contribution is 2.48. The summed E-state index contributed by atoms with van der Waals surface area (Å²) in [5.74, 6) is -0.438. The zero-order valence-corrected chi connectivity index (χ0v) is 23.1. The fourth-order valence-corrected chi connectivity index (χ4v) is 5.75. The first-order valence-electron chi connectivity index (χ1n) is 13.8. The first-order valence-corrected chi connectivity index (χ1v) is 13.8. The van der Waals surface area contributed by atoms with E-state index in [1.165, 1.54) is 13.3 Å². The molecule has 2 aliphatic rings. The second kappa shape index (κ2) is 11.3. The highest BCUT2D eigenvalue weighted by Gasteiger charge is 2.37. The molecule has 0 saturated heterocycles. The zero-order valence-electron chi connectivity index (χ0n) is 23.1. The molecule has 2 aromatic carbocycles. The van der Waals surface area contributed by atoms with Gasteiger partial charge in [-0.05, 0) is 85.0 Å². The lowest BCUT2D eigenvalue weighted by atomic mass is 9.82. The summed E-state index contributed by atoms with van der Waals surface area (Å²) in [6, 6.07) is 13.9. The average molecular weight is 532 g/mol. The summed E-state index contributed by atoms with van der Waals surface area (Å²) in [5, 5.41) is 11.7. The number of ether oxygens (including phenoxy) is 2. The van der Waals surface area contributed by atoms with Crippen molar-refractivity contribution in [3.63, 3.8) is 0 Å². The normalized spacial score (nSPS) is 18.3. The molecule has 6 nitrogen and oxygen atoms in total. The largest absolute Gasteiger partial charge is 0.550 e. The van der Waals surface area contributed by atoms with Crippen molar-refractivity contribution in [3.05, 3.63) is 76.7 Å². The van der Waals surface area contributed by atoms with Gasteiger partial charge in [0.05, 0.1) is 13.3 Å². The fraction of sp³-hybridized carbons (Fsp3) is 0.438. The monoisotopic (exact) mass is 531 g/mol. The quantitative estimate of drug-likeness (QED) is 0.354. The van der Waals surface area contributed by atoms with Crippen LogP contribution in [-0.4, -0.2) is 36.6 Å². The smallest absolute Gasteiger partial charge is 0.213 e. The van der Waals surface area contributed by atoms with Crippen molar-refractivity contribution in [2.75, 3.05) is 20.7 Å². The Balaban J connectivity index is 1.46. The number of benzene rings is 2. The van der Waals surface area contributed by atoms with Crippen molar-refractivity contribution in [1.82, 2.24) is 9.88 Å². The summed E-state index contributed by atoms with van der Waals surface area (Å²) in [6.45, 7) is 5.35. The summed E-state index contributed by atoms with van der Waals surface area (Å²) in [7, 11) is 3.56. The lowest BCUT2D eigenvalue weighted by molar-refractivity contribution is -0.311. The molecule has 1 saturated carbocycles. The van der Waals surface area contributed by atoms with Crippen LogP contribution >= 0.6 is 0 Å². The van der Waals surface area contributed by atoms with Crippen molar-refractivity contribution >= 4 is 5.97 Å². The molecule has 3 atom stereocenters. The molecular formula is C32H36FN2O4-. The SMILES string of the molecule is CCN(C)Cc1cc(C2CCc3ccc([C@H](C4CC4)[C@H](C)C(=O)[O-])cc3O2)ccc1-c1cc(OC)ncc1F. The van der Waals surface area contributed by atoms with E-state index in [0.717, 1.165) is 65.8 Å². The van der Waals surface area contributed by atoms with Crippen molar-refractivity contribution in [3.8, 4) is 22.8 Å². The molecule has 1 fully saturated rings. The summed E-state index contributed by atoms with van der Waals surface area (Å²) in [6.07, 6.45) is 4.84. The van der Waals surface area contributed by atoms with E-state index in [2.05, 4.69) is 35.0 Å². The number of aliphatic carboxylic acids is 1. The van der Waals surface area contributed by atoms with Crippen LogP contribution in [0.5, 0.6) is 11.6 Å². The average Bonchev–Trinajstić information content (AvgIpc) is 3.78. The number of aromatic nitrogens is 1. The van der Waals surface area contributed by atoms with Gasteiger partial charge in [0, 0.05) is 30.1 Å². The maximum absolute atomic E-state index is 14.9. The van der Waals surface area contributed by atoms with E-state index in [1.54, 1.807) is 13.0 Å². The van der Waals surface area contributed by atoms with E-state index in [-0.39, 0.29) is 12.0 Å². The van der Waals surface area contributed by atoms with Gasteiger partial charge in [0.1, 0.15) is 17.7 Å². The second-order valence-electron chi connectivity index (χ2n) is 10.9. The van der Waals surface area contributed by atoms with Gasteiger partial charge in [0.15, 0.2) is 0 Å². The highest BCUT2D eigenvalue weighted by atomic mass is 19.1. The number of hydrogen-bond donors (Lipinski definition) is 0. The van der Waals surface area contributed by atoms with Gasteiger partial charge >= 0.3 is 0 Å². The number of rotatable bonds is 10. The van der Waals surface area contributed by atoms with Gasteiger partial charge < -0.3 is 24.3 Å². The van der Waals surface area contributed by atoms with Gasteiger partial charge in [-0.2, -0.15) is 0 Å². The number of methoxy groups -OCH3 is 1. The number of carboxylic acids is 1. The number of halogens is 1. The molecule has 0 bridgehead atoms. The Morgan fingerprint density at radius 1 is 1.18 bits per heavy atom. The molecule has 1 unspecified atom stereocenters. The topological polar surface area (TPSA) is 74.7 Å². The van der Waals surface area contributed by atoms with Crippen molar-refractivity contribution in [2.24, 2.45) is 11.8 Å². The van der Waals surface area contributed by atoms with Gasteiger partial charge in [0.2, 0.25) is 5.88 Å². The Kier molecular flexibility index (Phi) is 7.89. The number of hydrogen-bond acceptors (Lipinski definition) is 6. The number of fused-ring (bicyclic) bond motifs is 1. The Bertz CT molecular complexity index is 1360. The molecule has 1 aromatic heterocycles. The highest BCUT2D eigenvalue weighted by molar-refractivity contribution is 5.70. The molecule has 0 N–H and O–H groups in total. The van der Waals surface area contributed by atoms with Crippen molar-refractivity contribution in [1.29, 1.82) is 0 Å². The van der Waals surface area contributed by atoms with Crippen molar-refractivity contribution in [2.45, 2.75) is 58.1 Å². The summed E-state index contributed by atoms with van der Waals surface area (Å²) in [4.78, 5) is 17.9. The van der Waals surface area contributed by atoms with Crippen LogP contribution < -0.4 is 14.6 Å². The molecule has 39 heavy (non-hydrogen) atoms. The maximum Gasteiger partial charge on any atom is 0.213 e. The third kappa shape index (κ3) is 5.78. The van der Waals surface area contributed by atoms with Crippen LogP contribution in [0.4, 0.5) is 4.39 Å². The number of pyridine rings is 1. The molecule has 206 valence electrons. The van der Waals surface area contributed by atoms with E-state index in [4.69, 9.17) is 9.47 Å². The minimum Gasteiger partial charge on any atom is -0.550 e. The molecule has 5 rings (SSSR count). The van der Waals surface area contributed by atoms with Gasteiger partial charge in [-0.1, -0.05) is 44.2 Å². The molecule has 0 radical (unpaired) electrons. The second-order valence-corrected chi connectivity index (χ2v) is 10.9. The predicted molar refractivity (Wildman–Crippen MR) is 146 cm³/mol. The first-order chi connectivity index (χ1) is 18.8. The zero-order chi connectivity index (χ0) is 27.7. The Morgan fingerprint density at radius 2 is 1.97 bits per heavy atom. The third-order valence-electron chi connectivity index (χ3n) is 8.27. The van der Waals surface area contributed by atoms with E-state index in [9.17, 15) is 14.3 Å². The standard InChI is InChI=1S/C32H37FN2O4/c1-5-35(3)18-24-14-22(10-12-25(24)26-16-30(38-4)34-17-27(26)33)28-13-11-20-6-9-23(15-29(20)39-28)31(21-7-8-21)19(2)32(36)37/h6,9-10,12,14-17,19,21,28,31H,5,7-8,11,13,18H2,1-4H3,(H,36,37)/p-1/t19-,28?,31-/m0/s1. The molecule has 1 aliphatic carbocycles. The van der Waals surface area contributed by atoms with E-state index < -0.39 is 17.7 Å². The molecule has 2 heterocycles. The minimum atomic E-state index is -1.00. The Morgan fingerprint density at radius 3 is 2.67 bits per heavy atom. The number of nitrogens with zero attached hydrogens (tertiary/aromatic N) is 2. The summed E-state index contributed by atoms with van der Waals surface area (Å²) >= 11 is 0. The Labute approximate surface area is 229 Å². The van der Waals surface area contributed by atoms with E-state index >= 15 is 0 Å². The molecule has 0 amide bonds. The van der Waals surface area contributed by atoms with E-state index in [1.807, 2.05) is 25.2 Å². The Hall–Kier alpha value is -3.45. The van der Waals surface area contributed by atoms with Gasteiger partial charge in [-0.25, -0.2) is 9.37 Å². The van der Waals surface area contributed by atoms with Crippen LogP contribution in [0.15, 0.2) is 48.7 Å². The van der Waals surface area contributed by atoms with Crippen LogP contribution in [-0.2, 0) is 17.8 Å². The fourth-order valence-electron chi connectivity index (χ4n) is 5.75. The number of carbonyl (C=O) groups excluding carboxylic acids is 1. The predicted octanol–water partition coefficient (Wildman–Crippen LogP) is 5.29. The molecule has 0 spiro atoms. The number of carboxylic acid groups (broad SMARTS) is 1. The van der Waals surface area contributed by atoms with E-state index in [0.29, 0.717) is 23.9 Å². The summed E-state index contributed by atoms with van der Waals surface area (Å²) in [5.41, 5.74) is 5.46. The lowest BCUT2D eigenvalue weighted by Crippen LogP contribution is -2.34. The van der Waals surface area contributed by atoms with Crippen LogP contribution in [0.3, 0.4) is 0 Å². The van der Waals surface area contributed by atoms with Crippen LogP contribution in [0.25, 0.3) is 11.1 Å². The molecule has 7 heteroatoms. The molecule has 3 aromatic rings. The third-order valence-corrected chi connectivity index (χ3v) is 8.27. The number of aryl methyl sites for hydroxylation is 1. The van der Waals surface area contributed by atoms with Crippen molar-refractivity contribution < 1.29 is 23.8 Å². The molecular weight excluding hydrogens is 495 g/mol. The molecule has 1 aliphatic heterocycles. The van der Waals surface area contributed by atoms with Gasteiger partial charge in [-0.3, -0.25) is 0 Å². The number of carbonyl (C=O) groups is 1. The summed E-state index contributed by atoms with van der Waals surface area (Å²) < 4.78 is 26.7. The van der Waals surface area contributed by atoms with Crippen LogP contribution in [0.2, 0.25) is 0 Å². The minimum absolute atomic E-state index is 0.0630. The lowest BCUT2D eigenvalue weighted by Gasteiger charge is -2.30. The maximum atomic E-state index is 14.9. The first kappa shape index (κ1) is 27.1. The van der Waals surface area contributed by atoms with Crippen LogP contribution in [0, 0.1) is 17.7 Å². The van der Waals surface area contributed by atoms with Crippen LogP contribution in [0.1, 0.15) is 67.4 Å².